The molecule has 0 spiro atoms. The van der Waals surface area contributed by atoms with Crippen molar-refractivity contribution < 1.29 is 33.7 Å². The Labute approximate surface area is 181 Å². The van der Waals surface area contributed by atoms with Crippen LogP contribution in [0.2, 0.25) is 0 Å². The third-order valence-corrected chi connectivity index (χ3v) is 3.68. The van der Waals surface area contributed by atoms with Crippen molar-refractivity contribution in [2.45, 2.75) is 12.8 Å². The summed E-state index contributed by atoms with van der Waals surface area (Å²) in [7, 11) is 0. The van der Waals surface area contributed by atoms with Crippen molar-refractivity contribution in [3.63, 3.8) is 0 Å². The van der Waals surface area contributed by atoms with E-state index in [0.29, 0.717) is 50.5 Å². The van der Waals surface area contributed by atoms with Gasteiger partial charge >= 0.3 is 18.2 Å². The molecule has 0 heterocycles. The van der Waals surface area contributed by atoms with E-state index >= 15 is 0 Å². The number of rotatable bonds is 15. The minimum atomic E-state index is -1.09. The third-order valence-electron chi connectivity index (χ3n) is 3.68. The maximum absolute atomic E-state index is 11.5. The number of carboxylic acid groups (broad SMARTS) is 1. The van der Waals surface area contributed by atoms with Crippen LogP contribution in [0.3, 0.4) is 0 Å². The molecule has 170 valence electrons. The van der Waals surface area contributed by atoms with Crippen LogP contribution in [0.5, 0.6) is 5.75 Å². The van der Waals surface area contributed by atoms with Crippen molar-refractivity contribution in [1.82, 2.24) is 10.6 Å². The fourth-order valence-electron chi connectivity index (χ4n) is 2.27. The van der Waals surface area contributed by atoms with Crippen LogP contribution in [0.25, 0.3) is 0 Å². The highest BCUT2D eigenvalue weighted by Crippen LogP contribution is 2.22. The summed E-state index contributed by atoms with van der Waals surface area (Å²) in [6.45, 7) is 8.66. The second-order valence-electron chi connectivity index (χ2n) is 6.12. The van der Waals surface area contributed by atoms with Crippen molar-refractivity contribution in [3.05, 3.63) is 49.1 Å². The molecular weight excluding hydrogens is 406 g/mol. The van der Waals surface area contributed by atoms with E-state index in [2.05, 4.69) is 29.1 Å². The smallest absolute Gasteiger partial charge is 0.407 e. The Morgan fingerprint density at radius 3 is 2.13 bits per heavy atom. The lowest BCUT2D eigenvalue weighted by molar-refractivity contribution is 0.0697. The summed E-state index contributed by atoms with van der Waals surface area (Å²) in [6, 6.07) is 4.71. The fraction of sp³-hybridized carbons (Fsp3) is 0.381. The molecule has 0 atom stereocenters. The highest BCUT2D eigenvalue weighted by molar-refractivity contribution is 5.94. The second-order valence-corrected chi connectivity index (χ2v) is 6.12. The molecule has 1 aromatic rings. The first kappa shape index (κ1) is 25.3. The molecule has 0 bridgehead atoms. The van der Waals surface area contributed by atoms with Crippen LogP contribution >= 0.6 is 0 Å². The van der Waals surface area contributed by atoms with Crippen LogP contribution in [-0.4, -0.2) is 62.7 Å². The van der Waals surface area contributed by atoms with Crippen LogP contribution < -0.4 is 20.7 Å². The van der Waals surface area contributed by atoms with Gasteiger partial charge in [0.2, 0.25) is 0 Å². The fourth-order valence-corrected chi connectivity index (χ4v) is 2.27. The zero-order chi connectivity index (χ0) is 22.9. The molecule has 10 nitrogen and oxygen atoms in total. The minimum Gasteiger partial charge on any atom is -0.494 e. The molecule has 31 heavy (non-hydrogen) atoms. The molecule has 4 N–H and O–H groups in total. The Hall–Kier alpha value is -3.69. The number of nitrogens with one attached hydrogen (secondary N) is 3. The van der Waals surface area contributed by atoms with Gasteiger partial charge in [-0.25, -0.2) is 14.4 Å². The van der Waals surface area contributed by atoms with E-state index in [9.17, 15) is 19.5 Å². The van der Waals surface area contributed by atoms with E-state index in [1.807, 2.05) is 0 Å². The molecule has 1 rings (SSSR count). The number of hydrogen-bond acceptors (Lipinski definition) is 7. The van der Waals surface area contributed by atoms with Crippen LogP contribution in [0.1, 0.15) is 23.2 Å². The van der Waals surface area contributed by atoms with E-state index in [1.165, 1.54) is 18.2 Å². The summed E-state index contributed by atoms with van der Waals surface area (Å²) >= 11 is 0. The summed E-state index contributed by atoms with van der Waals surface area (Å²) in [5.41, 5.74) is 0.516. The van der Waals surface area contributed by atoms with Crippen molar-refractivity contribution in [2.24, 2.45) is 0 Å². The van der Waals surface area contributed by atoms with Crippen molar-refractivity contribution >= 4 is 23.8 Å². The Kier molecular flexibility index (Phi) is 12.4. The molecule has 0 aromatic heterocycles. The van der Waals surface area contributed by atoms with E-state index in [4.69, 9.17) is 14.2 Å². The SMILES string of the molecule is C=CCOC(=O)NCCCNc1ccc(OCCCNC(=O)OCC=C)cc1C(=O)O. The van der Waals surface area contributed by atoms with Crippen molar-refractivity contribution in [3.8, 4) is 5.75 Å². The lowest BCUT2D eigenvalue weighted by Gasteiger charge is -2.13. The van der Waals surface area contributed by atoms with Crippen molar-refractivity contribution in [1.29, 1.82) is 0 Å². The number of hydrogen-bond donors (Lipinski definition) is 4. The largest absolute Gasteiger partial charge is 0.494 e. The minimum absolute atomic E-state index is 0.0713. The predicted molar refractivity (Wildman–Crippen MR) is 116 cm³/mol. The van der Waals surface area contributed by atoms with E-state index < -0.39 is 18.2 Å². The zero-order valence-corrected chi connectivity index (χ0v) is 17.4. The van der Waals surface area contributed by atoms with Gasteiger partial charge in [-0.05, 0) is 31.0 Å². The van der Waals surface area contributed by atoms with Gasteiger partial charge in [0.05, 0.1) is 12.2 Å². The van der Waals surface area contributed by atoms with Gasteiger partial charge in [-0.15, -0.1) is 0 Å². The van der Waals surface area contributed by atoms with Gasteiger partial charge in [-0.2, -0.15) is 0 Å². The highest BCUT2D eigenvalue weighted by Gasteiger charge is 2.12. The van der Waals surface area contributed by atoms with E-state index in [1.54, 1.807) is 12.1 Å². The van der Waals surface area contributed by atoms with Gasteiger partial charge in [0.1, 0.15) is 19.0 Å². The van der Waals surface area contributed by atoms with Crippen LogP contribution in [-0.2, 0) is 9.47 Å². The average Bonchev–Trinajstić information content (AvgIpc) is 2.76. The zero-order valence-electron chi connectivity index (χ0n) is 17.4. The molecule has 0 saturated heterocycles. The first-order valence-electron chi connectivity index (χ1n) is 9.75. The molecule has 10 heteroatoms. The quantitative estimate of drug-likeness (QED) is 0.244. The standard InChI is InChI=1S/C21H29N3O7/c1-3-12-30-20(27)23-10-5-9-22-18-8-7-16(15-17(18)19(25)26)29-14-6-11-24-21(28)31-13-4-2/h3-4,7-8,15,22H,1-2,5-6,9-14H2,(H,23,27)(H,24,28)(H,25,26). The summed E-state index contributed by atoms with van der Waals surface area (Å²) < 4.78 is 15.1. The number of ether oxygens (including phenoxy) is 3. The molecule has 0 fully saturated rings. The maximum atomic E-state index is 11.5. The van der Waals surface area contributed by atoms with Crippen LogP contribution in [0, 0.1) is 0 Å². The van der Waals surface area contributed by atoms with E-state index in [0.717, 1.165) is 0 Å². The monoisotopic (exact) mass is 435 g/mol. The molecule has 0 aliphatic rings. The summed E-state index contributed by atoms with van der Waals surface area (Å²) in [5, 5.41) is 17.6. The number of aromatic carboxylic acids is 1. The molecule has 0 saturated carbocycles. The first-order valence-corrected chi connectivity index (χ1v) is 9.75. The highest BCUT2D eigenvalue weighted by atomic mass is 16.6. The lowest BCUT2D eigenvalue weighted by Crippen LogP contribution is -2.26. The molecule has 2 amide bonds. The van der Waals surface area contributed by atoms with Gasteiger partial charge in [-0.1, -0.05) is 25.3 Å². The first-order chi connectivity index (χ1) is 15.0. The predicted octanol–water partition coefficient (Wildman–Crippen LogP) is 2.78. The second kappa shape index (κ2) is 15.2. The Morgan fingerprint density at radius 2 is 1.55 bits per heavy atom. The van der Waals surface area contributed by atoms with Crippen LogP contribution in [0.4, 0.5) is 15.3 Å². The van der Waals surface area contributed by atoms with Crippen LogP contribution in [0.15, 0.2) is 43.5 Å². The lowest BCUT2D eigenvalue weighted by atomic mass is 10.1. The van der Waals surface area contributed by atoms with Gasteiger partial charge in [0.25, 0.3) is 0 Å². The molecule has 0 aliphatic carbocycles. The third kappa shape index (κ3) is 11.2. The van der Waals surface area contributed by atoms with Gasteiger partial charge in [0, 0.05) is 25.3 Å². The van der Waals surface area contributed by atoms with Crippen molar-refractivity contribution in [2.75, 3.05) is 44.8 Å². The van der Waals surface area contributed by atoms with Gasteiger partial charge in [0.15, 0.2) is 0 Å². The number of amides is 2. The topological polar surface area (TPSA) is 135 Å². The number of carboxylic acids is 1. The number of benzene rings is 1. The van der Waals surface area contributed by atoms with Gasteiger partial charge in [-0.3, -0.25) is 0 Å². The molecule has 0 radical (unpaired) electrons. The summed E-state index contributed by atoms with van der Waals surface area (Å²) in [5.74, 6) is -0.686. The van der Waals surface area contributed by atoms with E-state index in [-0.39, 0.29) is 18.8 Å². The summed E-state index contributed by atoms with van der Waals surface area (Å²) in [6.07, 6.45) is 2.97. The normalized spacial score (nSPS) is 9.81. The number of carbonyl (C=O) groups excluding carboxylic acids is 2. The molecule has 1 aromatic carbocycles. The maximum Gasteiger partial charge on any atom is 0.407 e. The Morgan fingerprint density at radius 1 is 0.935 bits per heavy atom. The average molecular weight is 435 g/mol. The molecular formula is C21H29N3O7. The molecule has 0 unspecified atom stereocenters. The Bertz CT molecular complexity index is 752. The number of alkyl carbamates (subject to hydrolysis) is 2. The number of carbonyl (C=O) groups is 3. The van der Waals surface area contributed by atoms with Gasteiger partial charge < -0.3 is 35.3 Å². The number of anilines is 1. The molecule has 0 aliphatic heterocycles. The Balaban J connectivity index is 2.38. The summed E-state index contributed by atoms with van der Waals surface area (Å²) in [4.78, 5) is 34.1.